The normalized spacial score (nSPS) is 22.8. The first-order valence-corrected chi connectivity index (χ1v) is 11.0. The van der Waals surface area contributed by atoms with Crippen molar-refractivity contribution in [2.24, 2.45) is 17.8 Å². The molecule has 2 aliphatic rings. The summed E-state index contributed by atoms with van der Waals surface area (Å²) in [5.74, 6) is 2.89. The lowest BCUT2D eigenvalue weighted by molar-refractivity contribution is 0.102. The Bertz CT molecular complexity index is 310. The lowest BCUT2D eigenvalue weighted by Crippen LogP contribution is -2.43. The van der Waals surface area contributed by atoms with E-state index in [9.17, 15) is 0 Å². The molecule has 0 N–H and O–H groups in total. The number of hydrogen-bond donors (Lipinski definition) is 0. The number of likely N-dealkylation sites (tertiary alicyclic amines) is 2. The van der Waals surface area contributed by atoms with Gasteiger partial charge in [-0.05, 0) is 83.5 Å². The number of nitrogens with zero attached hydrogens (tertiary/aromatic N) is 2. The van der Waals surface area contributed by atoms with Gasteiger partial charge in [0.05, 0.1) is 0 Å². The summed E-state index contributed by atoms with van der Waals surface area (Å²) in [7, 11) is 0. The van der Waals surface area contributed by atoms with Crippen LogP contribution in [0.3, 0.4) is 0 Å². The Labute approximate surface area is 152 Å². The van der Waals surface area contributed by atoms with E-state index in [2.05, 4.69) is 37.5 Å². The van der Waals surface area contributed by atoms with E-state index in [0.717, 1.165) is 23.8 Å². The third-order valence-electron chi connectivity index (χ3n) is 6.50. The molecular weight excluding hydrogens is 292 g/mol. The van der Waals surface area contributed by atoms with Crippen LogP contribution >= 0.6 is 0 Å². The van der Waals surface area contributed by atoms with Crippen LogP contribution in [0.5, 0.6) is 0 Å². The summed E-state index contributed by atoms with van der Waals surface area (Å²) in [6.45, 7) is 16.2. The molecular formula is C22H44N2. The summed E-state index contributed by atoms with van der Waals surface area (Å²) in [5, 5.41) is 0. The molecule has 0 saturated carbocycles. The van der Waals surface area contributed by atoms with Crippen LogP contribution in [-0.4, -0.2) is 48.6 Å². The van der Waals surface area contributed by atoms with E-state index in [1.165, 1.54) is 90.5 Å². The summed E-state index contributed by atoms with van der Waals surface area (Å²) in [5.41, 5.74) is 0. The second kappa shape index (κ2) is 10.8. The van der Waals surface area contributed by atoms with Crippen molar-refractivity contribution in [3.63, 3.8) is 0 Å². The van der Waals surface area contributed by atoms with Crippen LogP contribution in [0.2, 0.25) is 0 Å². The molecule has 2 fully saturated rings. The fraction of sp³-hybridized carbons (Fsp3) is 1.00. The molecule has 0 spiro atoms. The van der Waals surface area contributed by atoms with Gasteiger partial charge in [0.1, 0.15) is 0 Å². The zero-order valence-electron chi connectivity index (χ0n) is 17.1. The standard InChI is InChI=1S/C22H44N2/c1-19(2)8-6-5-7-9-21-10-14-23(15-11-21)18-22-12-16-24(17-13-22)20(3)4/h19-22H,5-18H2,1-4H3. The van der Waals surface area contributed by atoms with Gasteiger partial charge in [-0.1, -0.05) is 46.0 Å². The molecule has 0 aliphatic carbocycles. The largest absolute Gasteiger partial charge is 0.303 e. The molecule has 2 rings (SSSR count). The number of hydrogen-bond acceptors (Lipinski definition) is 2. The molecule has 0 aromatic carbocycles. The van der Waals surface area contributed by atoms with Crippen molar-refractivity contribution < 1.29 is 0 Å². The predicted molar refractivity (Wildman–Crippen MR) is 107 cm³/mol. The predicted octanol–water partition coefficient (Wildman–Crippen LogP) is 5.43. The van der Waals surface area contributed by atoms with Gasteiger partial charge in [0.25, 0.3) is 0 Å². The van der Waals surface area contributed by atoms with Gasteiger partial charge in [-0.3, -0.25) is 0 Å². The van der Waals surface area contributed by atoms with E-state index < -0.39 is 0 Å². The average Bonchev–Trinajstić information content (AvgIpc) is 2.56. The lowest BCUT2D eigenvalue weighted by Gasteiger charge is -2.39. The minimum Gasteiger partial charge on any atom is -0.303 e. The van der Waals surface area contributed by atoms with Crippen molar-refractivity contribution in [1.29, 1.82) is 0 Å². The van der Waals surface area contributed by atoms with E-state index in [0.29, 0.717) is 0 Å². The molecule has 142 valence electrons. The van der Waals surface area contributed by atoms with Crippen molar-refractivity contribution >= 4 is 0 Å². The fourth-order valence-corrected chi connectivity index (χ4v) is 4.64. The first-order valence-electron chi connectivity index (χ1n) is 11.0. The van der Waals surface area contributed by atoms with Crippen molar-refractivity contribution in [2.45, 2.75) is 91.5 Å². The van der Waals surface area contributed by atoms with Crippen LogP contribution in [0.1, 0.15) is 85.5 Å². The van der Waals surface area contributed by atoms with Crippen LogP contribution in [0.15, 0.2) is 0 Å². The molecule has 0 radical (unpaired) electrons. The van der Waals surface area contributed by atoms with E-state index in [1.54, 1.807) is 0 Å². The van der Waals surface area contributed by atoms with E-state index in [1.807, 2.05) is 0 Å². The Morgan fingerprint density at radius 2 is 1.38 bits per heavy atom. The average molecular weight is 337 g/mol. The quantitative estimate of drug-likeness (QED) is 0.518. The van der Waals surface area contributed by atoms with E-state index in [4.69, 9.17) is 0 Å². The molecule has 0 bridgehead atoms. The first kappa shape index (κ1) is 20.2. The SMILES string of the molecule is CC(C)CCCCCC1CCN(CC2CCN(C(C)C)CC2)CC1. The van der Waals surface area contributed by atoms with Gasteiger partial charge in [0.2, 0.25) is 0 Å². The van der Waals surface area contributed by atoms with Crippen molar-refractivity contribution in [2.75, 3.05) is 32.7 Å². The highest BCUT2D eigenvalue weighted by Crippen LogP contribution is 2.26. The summed E-state index contributed by atoms with van der Waals surface area (Å²) >= 11 is 0. The van der Waals surface area contributed by atoms with Crippen LogP contribution in [0.25, 0.3) is 0 Å². The van der Waals surface area contributed by atoms with Crippen LogP contribution in [0, 0.1) is 17.8 Å². The monoisotopic (exact) mass is 336 g/mol. The van der Waals surface area contributed by atoms with Gasteiger partial charge in [-0.25, -0.2) is 0 Å². The van der Waals surface area contributed by atoms with Crippen molar-refractivity contribution in [3.05, 3.63) is 0 Å². The van der Waals surface area contributed by atoms with E-state index >= 15 is 0 Å². The highest BCUT2D eigenvalue weighted by molar-refractivity contribution is 4.79. The summed E-state index contributed by atoms with van der Waals surface area (Å²) < 4.78 is 0. The van der Waals surface area contributed by atoms with Crippen LogP contribution in [-0.2, 0) is 0 Å². The molecule has 2 heteroatoms. The van der Waals surface area contributed by atoms with E-state index in [-0.39, 0.29) is 0 Å². The number of unbranched alkanes of at least 4 members (excludes halogenated alkanes) is 2. The molecule has 24 heavy (non-hydrogen) atoms. The highest BCUT2D eigenvalue weighted by Gasteiger charge is 2.25. The Morgan fingerprint density at radius 1 is 0.750 bits per heavy atom. The molecule has 0 atom stereocenters. The summed E-state index contributed by atoms with van der Waals surface area (Å²) in [6, 6.07) is 0.738. The Hall–Kier alpha value is -0.0800. The topological polar surface area (TPSA) is 6.48 Å². The van der Waals surface area contributed by atoms with Gasteiger partial charge < -0.3 is 9.80 Å². The summed E-state index contributed by atoms with van der Waals surface area (Å²) in [6.07, 6.45) is 13.1. The maximum Gasteiger partial charge on any atom is 0.00385 e. The molecule has 2 heterocycles. The number of piperidine rings is 2. The smallest absolute Gasteiger partial charge is 0.00385 e. The Kier molecular flexibility index (Phi) is 9.11. The zero-order chi connectivity index (χ0) is 17.4. The minimum atomic E-state index is 0.738. The summed E-state index contributed by atoms with van der Waals surface area (Å²) in [4.78, 5) is 5.44. The molecule has 0 unspecified atom stereocenters. The fourth-order valence-electron chi connectivity index (χ4n) is 4.64. The molecule has 2 aliphatic heterocycles. The van der Waals surface area contributed by atoms with Crippen LogP contribution < -0.4 is 0 Å². The van der Waals surface area contributed by atoms with Gasteiger partial charge in [-0.15, -0.1) is 0 Å². The van der Waals surface area contributed by atoms with Gasteiger partial charge >= 0.3 is 0 Å². The van der Waals surface area contributed by atoms with Crippen molar-refractivity contribution in [1.82, 2.24) is 9.80 Å². The second-order valence-electron chi connectivity index (χ2n) is 9.35. The minimum absolute atomic E-state index is 0.738. The third-order valence-corrected chi connectivity index (χ3v) is 6.50. The highest BCUT2D eigenvalue weighted by atomic mass is 15.2. The zero-order valence-corrected chi connectivity index (χ0v) is 17.1. The van der Waals surface area contributed by atoms with Gasteiger partial charge in [0.15, 0.2) is 0 Å². The van der Waals surface area contributed by atoms with Crippen LogP contribution in [0.4, 0.5) is 0 Å². The van der Waals surface area contributed by atoms with Gasteiger partial charge in [-0.2, -0.15) is 0 Å². The molecule has 0 aromatic rings. The molecule has 0 amide bonds. The maximum atomic E-state index is 2.78. The Balaban J connectivity index is 1.52. The Morgan fingerprint density at radius 3 is 1.96 bits per heavy atom. The molecule has 0 aromatic heterocycles. The van der Waals surface area contributed by atoms with Gasteiger partial charge in [0, 0.05) is 12.6 Å². The third kappa shape index (κ3) is 7.44. The molecule has 2 nitrogen and oxygen atoms in total. The van der Waals surface area contributed by atoms with Crippen molar-refractivity contribution in [3.8, 4) is 0 Å². The maximum absolute atomic E-state index is 2.78. The molecule has 2 saturated heterocycles. The number of rotatable bonds is 9. The first-order chi connectivity index (χ1) is 11.5. The lowest BCUT2D eigenvalue weighted by atomic mass is 9.89. The second-order valence-corrected chi connectivity index (χ2v) is 9.35.